The molecule has 2 aromatic rings. The number of carbonyl (C=O) groups is 1. The monoisotopic (exact) mass is 291 g/mol. The zero-order valence-electron chi connectivity index (χ0n) is 10.8. The third-order valence-electron chi connectivity index (χ3n) is 3.35. The Balaban J connectivity index is 1.81. The first kappa shape index (κ1) is 13.1. The average molecular weight is 292 g/mol. The number of halogens is 1. The summed E-state index contributed by atoms with van der Waals surface area (Å²) in [5.41, 5.74) is 7.21. The lowest BCUT2D eigenvalue weighted by molar-refractivity contribution is 0.0749. The number of likely N-dealkylation sites (tertiary alicyclic amines) is 1. The van der Waals surface area contributed by atoms with E-state index in [1.54, 1.807) is 23.1 Å². The van der Waals surface area contributed by atoms with Crippen molar-refractivity contribution in [3.8, 4) is 11.3 Å². The van der Waals surface area contributed by atoms with Crippen LogP contribution in [0.25, 0.3) is 11.3 Å². The molecule has 1 atom stereocenters. The van der Waals surface area contributed by atoms with Crippen molar-refractivity contribution < 1.29 is 9.32 Å². The smallest absolute Gasteiger partial charge is 0.292 e. The third-order valence-corrected chi connectivity index (χ3v) is 3.59. The summed E-state index contributed by atoms with van der Waals surface area (Å²) in [5.74, 6) is 0.0628. The van der Waals surface area contributed by atoms with Crippen molar-refractivity contribution in [3.05, 3.63) is 41.1 Å². The third kappa shape index (κ3) is 2.55. The summed E-state index contributed by atoms with van der Waals surface area (Å²) in [6.45, 7) is 1.22. The molecule has 1 amide bonds. The zero-order chi connectivity index (χ0) is 14.1. The normalized spacial score (nSPS) is 18.5. The summed E-state index contributed by atoms with van der Waals surface area (Å²) < 4.78 is 5.14. The van der Waals surface area contributed by atoms with Gasteiger partial charge in [-0.3, -0.25) is 4.79 Å². The highest BCUT2D eigenvalue weighted by atomic mass is 35.5. The molecule has 1 saturated heterocycles. The van der Waals surface area contributed by atoms with Gasteiger partial charge in [0.25, 0.3) is 5.91 Å². The molecule has 1 aliphatic rings. The van der Waals surface area contributed by atoms with E-state index in [0.717, 1.165) is 12.0 Å². The van der Waals surface area contributed by atoms with Crippen LogP contribution >= 0.6 is 11.6 Å². The van der Waals surface area contributed by atoms with E-state index in [1.807, 2.05) is 12.1 Å². The molecule has 3 rings (SSSR count). The van der Waals surface area contributed by atoms with Crippen molar-refractivity contribution in [1.29, 1.82) is 0 Å². The van der Waals surface area contributed by atoms with Crippen LogP contribution in [0, 0.1) is 0 Å². The minimum absolute atomic E-state index is 0.0503. The Bertz CT molecular complexity index is 641. The van der Waals surface area contributed by atoms with E-state index >= 15 is 0 Å². The van der Waals surface area contributed by atoms with Crippen LogP contribution in [0.1, 0.15) is 17.0 Å². The SMILES string of the molecule is N[C@@H]1CCN(C(=O)c2cc(-c3cccc(Cl)c3)no2)C1. The number of nitrogens with zero attached hydrogens (tertiary/aromatic N) is 2. The Hall–Kier alpha value is -1.85. The van der Waals surface area contributed by atoms with Gasteiger partial charge in [0, 0.05) is 35.8 Å². The fraction of sp³-hybridized carbons (Fsp3) is 0.286. The second-order valence-electron chi connectivity index (χ2n) is 4.89. The highest BCUT2D eigenvalue weighted by Crippen LogP contribution is 2.23. The lowest BCUT2D eigenvalue weighted by atomic mass is 10.1. The van der Waals surface area contributed by atoms with E-state index in [4.69, 9.17) is 21.9 Å². The lowest BCUT2D eigenvalue weighted by Gasteiger charge is -2.12. The number of aromatic nitrogens is 1. The Labute approximate surface area is 121 Å². The van der Waals surface area contributed by atoms with Crippen LogP contribution in [-0.4, -0.2) is 35.1 Å². The first-order valence-electron chi connectivity index (χ1n) is 6.41. The molecule has 0 radical (unpaired) electrons. The summed E-state index contributed by atoms with van der Waals surface area (Å²) >= 11 is 5.94. The molecule has 1 aromatic heterocycles. The quantitative estimate of drug-likeness (QED) is 0.920. The van der Waals surface area contributed by atoms with Crippen LogP contribution in [-0.2, 0) is 0 Å². The number of benzene rings is 1. The molecule has 2 heterocycles. The summed E-state index contributed by atoms with van der Waals surface area (Å²) in [5, 5.41) is 4.54. The van der Waals surface area contributed by atoms with Gasteiger partial charge in [-0.05, 0) is 18.6 Å². The summed E-state index contributed by atoms with van der Waals surface area (Å²) in [4.78, 5) is 13.9. The molecule has 0 unspecified atom stereocenters. The van der Waals surface area contributed by atoms with Crippen LogP contribution in [0.2, 0.25) is 5.02 Å². The molecule has 0 bridgehead atoms. The molecule has 6 heteroatoms. The first-order chi connectivity index (χ1) is 9.63. The maximum atomic E-state index is 12.2. The molecule has 104 valence electrons. The minimum atomic E-state index is -0.168. The largest absolute Gasteiger partial charge is 0.350 e. The number of amides is 1. The fourth-order valence-electron chi connectivity index (χ4n) is 2.29. The van der Waals surface area contributed by atoms with Gasteiger partial charge in [-0.15, -0.1) is 0 Å². The van der Waals surface area contributed by atoms with Crippen molar-refractivity contribution >= 4 is 17.5 Å². The van der Waals surface area contributed by atoms with Gasteiger partial charge in [-0.1, -0.05) is 28.9 Å². The van der Waals surface area contributed by atoms with Crippen molar-refractivity contribution in [1.82, 2.24) is 10.1 Å². The molecule has 20 heavy (non-hydrogen) atoms. The molecular formula is C14H14ClN3O2. The summed E-state index contributed by atoms with van der Waals surface area (Å²) in [6.07, 6.45) is 0.820. The van der Waals surface area contributed by atoms with Gasteiger partial charge in [0.2, 0.25) is 5.76 Å². The van der Waals surface area contributed by atoms with Gasteiger partial charge in [0.15, 0.2) is 0 Å². The van der Waals surface area contributed by atoms with E-state index < -0.39 is 0 Å². The van der Waals surface area contributed by atoms with E-state index in [2.05, 4.69) is 5.16 Å². The molecule has 1 fully saturated rings. The van der Waals surface area contributed by atoms with Crippen LogP contribution < -0.4 is 5.73 Å². The minimum Gasteiger partial charge on any atom is -0.350 e. The maximum absolute atomic E-state index is 12.2. The van der Waals surface area contributed by atoms with Gasteiger partial charge in [-0.25, -0.2) is 0 Å². The fourth-order valence-corrected chi connectivity index (χ4v) is 2.48. The van der Waals surface area contributed by atoms with Crippen LogP contribution in [0.4, 0.5) is 0 Å². The van der Waals surface area contributed by atoms with E-state index in [1.165, 1.54) is 0 Å². The Morgan fingerprint density at radius 1 is 1.45 bits per heavy atom. The van der Waals surface area contributed by atoms with Crippen LogP contribution in [0.15, 0.2) is 34.9 Å². The van der Waals surface area contributed by atoms with Crippen LogP contribution in [0.5, 0.6) is 0 Å². The molecule has 0 aliphatic carbocycles. The second kappa shape index (κ2) is 5.26. The predicted molar refractivity (Wildman–Crippen MR) is 75.4 cm³/mol. The molecular weight excluding hydrogens is 278 g/mol. The van der Waals surface area contributed by atoms with Gasteiger partial charge in [0.1, 0.15) is 5.69 Å². The van der Waals surface area contributed by atoms with E-state index in [0.29, 0.717) is 23.8 Å². The topological polar surface area (TPSA) is 72.4 Å². The van der Waals surface area contributed by atoms with Crippen molar-refractivity contribution in [2.24, 2.45) is 5.73 Å². The van der Waals surface area contributed by atoms with E-state index in [9.17, 15) is 4.79 Å². The van der Waals surface area contributed by atoms with Gasteiger partial charge in [0.05, 0.1) is 0 Å². The Morgan fingerprint density at radius 2 is 2.30 bits per heavy atom. The van der Waals surface area contributed by atoms with Crippen molar-refractivity contribution in [2.75, 3.05) is 13.1 Å². The Morgan fingerprint density at radius 3 is 3.00 bits per heavy atom. The number of rotatable bonds is 2. The predicted octanol–water partition coefficient (Wildman–Crippen LogP) is 2.17. The molecule has 0 saturated carbocycles. The number of hydrogen-bond acceptors (Lipinski definition) is 4. The maximum Gasteiger partial charge on any atom is 0.292 e. The number of carbonyl (C=O) groups excluding carboxylic acids is 1. The molecule has 5 nitrogen and oxygen atoms in total. The molecule has 0 spiro atoms. The molecule has 2 N–H and O–H groups in total. The van der Waals surface area contributed by atoms with Gasteiger partial charge in [-0.2, -0.15) is 0 Å². The lowest BCUT2D eigenvalue weighted by Crippen LogP contribution is -2.31. The highest BCUT2D eigenvalue weighted by molar-refractivity contribution is 6.30. The standard InChI is InChI=1S/C14H14ClN3O2/c15-10-3-1-2-9(6-10)12-7-13(20-17-12)14(19)18-5-4-11(16)8-18/h1-3,6-7,11H,4-5,8,16H2/t11-/m1/s1. The Kier molecular flexibility index (Phi) is 3.46. The first-order valence-corrected chi connectivity index (χ1v) is 6.79. The number of hydrogen-bond donors (Lipinski definition) is 1. The van der Waals surface area contributed by atoms with Gasteiger partial charge < -0.3 is 15.2 Å². The van der Waals surface area contributed by atoms with Gasteiger partial charge >= 0.3 is 0 Å². The molecule has 1 aromatic carbocycles. The molecule has 1 aliphatic heterocycles. The van der Waals surface area contributed by atoms with E-state index in [-0.39, 0.29) is 17.7 Å². The average Bonchev–Trinajstić information content (AvgIpc) is 3.07. The van der Waals surface area contributed by atoms with Crippen LogP contribution in [0.3, 0.4) is 0 Å². The second-order valence-corrected chi connectivity index (χ2v) is 5.32. The van der Waals surface area contributed by atoms with Crippen molar-refractivity contribution in [3.63, 3.8) is 0 Å². The highest BCUT2D eigenvalue weighted by Gasteiger charge is 2.27. The number of nitrogens with two attached hydrogens (primary N) is 1. The van der Waals surface area contributed by atoms with Crippen molar-refractivity contribution in [2.45, 2.75) is 12.5 Å². The summed E-state index contributed by atoms with van der Waals surface area (Å²) in [6, 6.07) is 8.94. The summed E-state index contributed by atoms with van der Waals surface area (Å²) in [7, 11) is 0. The zero-order valence-corrected chi connectivity index (χ0v) is 11.5.